The Morgan fingerprint density at radius 1 is 1.39 bits per heavy atom. The molecule has 0 heterocycles. The molecule has 0 aromatic heterocycles. The van der Waals surface area contributed by atoms with E-state index in [2.05, 4.69) is 5.32 Å². The molecule has 100 valence electrons. The first-order valence-electron chi connectivity index (χ1n) is 5.73. The van der Waals surface area contributed by atoms with Crippen LogP contribution >= 0.6 is 0 Å². The molecule has 0 aliphatic heterocycles. The molecule has 0 bridgehead atoms. The molecule has 0 saturated carbocycles. The van der Waals surface area contributed by atoms with Crippen LogP contribution in [0.2, 0.25) is 0 Å². The zero-order chi connectivity index (χ0) is 13.9. The van der Waals surface area contributed by atoms with Gasteiger partial charge in [0.25, 0.3) is 0 Å². The molecule has 5 heteroatoms. The Balaban J connectivity index is 2.68. The number of nitrogens with one attached hydrogen (secondary N) is 1. The van der Waals surface area contributed by atoms with E-state index in [1.165, 1.54) is 6.07 Å². The number of nitrogens with two attached hydrogens (primary N) is 1. The van der Waals surface area contributed by atoms with Crippen molar-refractivity contribution in [2.75, 3.05) is 0 Å². The van der Waals surface area contributed by atoms with Crippen molar-refractivity contribution in [1.82, 2.24) is 5.32 Å². The molecule has 1 unspecified atom stereocenters. The molecule has 3 nitrogen and oxygen atoms in total. The summed E-state index contributed by atoms with van der Waals surface area (Å²) in [4.78, 5) is 11.7. The van der Waals surface area contributed by atoms with Crippen molar-refractivity contribution in [1.29, 1.82) is 0 Å². The van der Waals surface area contributed by atoms with Gasteiger partial charge in [0, 0.05) is 11.6 Å². The van der Waals surface area contributed by atoms with E-state index >= 15 is 0 Å². The van der Waals surface area contributed by atoms with Crippen molar-refractivity contribution < 1.29 is 13.6 Å². The number of carbonyl (C=O) groups is 1. The molecule has 0 radical (unpaired) electrons. The molecule has 0 aliphatic carbocycles. The predicted molar refractivity (Wildman–Crippen MR) is 65.9 cm³/mol. The molecule has 1 rings (SSSR count). The van der Waals surface area contributed by atoms with E-state index in [0.29, 0.717) is 5.56 Å². The van der Waals surface area contributed by atoms with Crippen LogP contribution in [0, 0.1) is 11.6 Å². The van der Waals surface area contributed by atoms with E-state index in [9.17, 15) is 13.6 Å². The molecule has 1 aromatic carbocycles. The molecule has 0 aliphatic rings. The summed E-state index contributed by atoms with van der Waals surface area (Å²) in [5, 5.41) is 2.76. The summed E-state index contributed by atoms with van der Waals surface area (Å²) < 4.78 is 25.7. The number of carbonyl (C=O) groups excluding carboxylic acids is 1. The van der Waals surface area contributed by atoms with Gasteiger partial charge in [0.15, 0.2) is 11.6 Å². The Morgan fingerprint density at radius 3 is 2.50 bits per heavy atom. The lowest BCUT2D eigenvalue weighted by atomic mass is 9.96. The van der Waals surface area contributed by atoms with Crippen LogP contribution in [0.4, 0.5) is 8.78 Å². The monoisotopic (exact) mass is 256 g/mol. The van der Waals surface area contributed by atoms with Gasteiger partial charge in [-0.2, -0.15) is 0 Å². The van der Waals surface area contributed by atoms with E-state index in [1.807, 2.05) is 0 Å². The second-order valence-electron chi connectivity index (χ2n) is 4.98. The summed E-state index contributed by atoms with van der Waals surface area (Å²) in [5.74, 6) is -2.15. The Bertz CT molecular complexity index is 445. The molecule has 0 saturated heterocycles. The molecular weight excluding hydrogens is 238 g/mol. The van der Waals surface area contributed by atoms with Gasteiger partial charge in [0.2, 0.25) is 5.91 Å². The van der Waals surface area contributed by atoms with Gasteiger partial charge in [-0.05, 0) is 38.5 Å². The fourth-order valence-corrected chi connectivity index (χ4v) is 1.35. The van der Waals surface area contributed by atoms with Gasteiger partial charge in [-0.15, -0.1) is 0 Å². The minimum absolute atomic E-state index is 0.00660. The summed E-state index contributed by atoms with van der Waals surface area (Å²) in [6.07, 6.45) is -0.00660. The molecule has 1 atom stereocenters. The first-order valence-corrected chi connectivity index (χ1v) is 5.73. The third-order valence-electron chi connectivity index (χ3n) is 2.95. The summed E-state index contributed by atoms with van der Waals surface area (Å²) in [6.45, 7) is 5.40. The lowest BCUT2D eigenvalue weighted by molar-refractivity contribution is -0.122. The van der Waals surface area contributed by atoms with E-state index in [0.717, 1.165) is 12.1 Å². The summed E-state index contributed by atoms with van der Waals surface area (Å²) >= 11 is 0. The largest absolute Gasteiger partial charge is 0.349 e. The summed E-state index contributed by atoms with van der Waals surface area (Å²) in [7, 11) is 0. The highest BCUT2D eigenvalue weighted by Crippen LogP contribution is 2.11. The number of hydrogen-bond donors (Lipinski definition) is 2. The van der Waals surface area contributed by atoms with Crippen molar-refractivity contribution in [3.8, 4) is 0 Å². The maximum Gasteiger partial charge on any atom is 0.224 e. The van der Waals surface area contributed by atoms with E-state index in [1.54, 1.807) is 20.8 Å². The van der Waals surface area contributed by atoms with Crippen LogP contribution < -0.4 is 11.1 Å². The molecule has 0 spiro atoms. The van der Waals surface area contributed by atoms with Crippen molar-refractivity contribution >= 4 is 5.91 Å². The maximum absolute atomic E-state index is 13.0. The Labute approximate surface area is 105 Å². The highest BCUT2D eigenvalue weighted by molar-refractivity contribution is 5.79. The third-order valence-corrected chi connectivity index (χ3v) is 2.95. The van der Waals surface area contributed by atoms with Gasteiger partial charge >= 0.3 is 0 Å². The minimum Gasteiger partial charge on any atom is -0.349 e. The van der Waals surface area contributed by atoms with Crippen molar-refractivity contribution in [3.05, 3.63) is 35.4 Å². The summed E-state index contributed by atoms with van der Waals surface area (Å²) in [6, 6.07) is 3.20. The summed E-state index contributed by atoms with van der Waals surface area (Å²) in [5.41, 5.74) is 5.61. The average molecular weight is 256 g/mol. The molecule has 3 N–H and O–H groups in total. The first-order chi connectivity index (χ1) is 8.22. The smallest absolute Gasteiger partial charge is 0.224 e. The standard InChI is InChI=1S/C13H18F2N2O/c1-8(16)13(2,3)17-12(18)7-9-4-5-10(14)11(15)6-9/h4-6,8H,7,16H2,1-3H3,(H,17,18). The van der Waals surface area contributed by atoms with Crippen LogP contribution in [0.1, 0.15) is 26.3 Å². The van der Waals surface area contributed by atoms with E-state index < -0.39 is 17.2 Å². The van der Waals surface area contributed by atoms with Crippen LogP contribution in [-0.2, 0) is 11.2 Å². The van der Waals surface area contributed by atoms with Crippen LogP contribution in [0.5, 0.6) is 0 Å². The van der Waals surface area contributed by atoms with Gasteiger partial charge in [-0.25, -0.2) is 8.78 Å². The maximum atomic E-state index is 13.0. The van der Waals surface area contributed by atoms with Crippen LogP contribution in [0.3, 0.4) is 0 Å². The van der Waals surface area contributed by atoms with Gasteiger partial charge in [-0.1, -0.05) is 6.07 Å². The van der Waals surface area contributed by atoms with Gasteiger partial charge in [0.1, 0.15) is 0 Å². The predicted octanol–water partition coefficient (Wildman–Crippen LogP) is 1.75. The Morgan fingerprint density at radius 2 is 2.00 bits per heavy atom. The lowest BCUT2D eigenvalue weighted by Gasteiger charge is -2.30. The third kappa shape index (κ3) is 3.77. The lowest BCUT2D eigenvalue weighted by Crippen LogP contribution is -2.54. The average Bonchev–Trinajstić information content (AvgIpc) is 2.22. The molecule has 0 fully saturated rings. The number of halogens is 2. The number of benzene rings is 1. The Hall–Kier alpha value is -1.49. The van der Waals surface area contributed by atoms with Crippen molar-refractivity contribution in [3.63, 3.8) is 0 Å². The SMILES string of the molecule is CC(N)C(C)(C)NC(=O)Cc1ccc(F)c(F)c1. The fraction of sp³-hybridized carbons (Fsp3) is 0.462. The minimum atomic E-state index is -0.952. The van der Waals surface area contributed by atoms with Crippen LogP contribution in [0.15, 0.2) is 18.2 Å². The molecule has 1 amide bonds. The number of rotatable bonds is 4. The zero-order valence-electron chi connectivity index (χ0n) is 10.8. The molecular formula is C13H18F2N2O. The van der Waals surface area contributed by atoms with E-state index in [4.69, 9.17) is 5.73 Å². The molecule has 18 heavy (non-hydrogen) atoms. The quantitative estimate of drug-likeness (QED) is 0.862. The topological polar surface area (TPSA) is 55.1 Å². The molecule has 1 aromatic rings. The van der Waals surface area contributed by atoms with Crippen molar-refractivity contribution in [2.45, 2.75) is 38.8 Å². The normalized spacial score (nSPS) is 13.2. The Kier molecular flexibility index (Phi) is 4.40. The second-order valence-corrected chi connectivity index (χ2v) is 4.98. The van der Waals surface area contributed by atoms with Crippen LogP contribution in [0.25, 0.3) is 0 Å². The number of amides is 1. The second kappa shape index (κ2) is 5.44. The van der Waals surface area contributed by atoms with Gasteiger partial charge < -0.3 is 11.1 Å². The first kappa shape index (κ1) is 14.6. The van der Waals surface area contributed by atoms with Gasteiger partial charge in [-0.3, -0.25) is 4.79 Å². The zero-order valence-corrected chi connectivity index (χ0v) is 10.8. The van der Waals surface area contributed by atoms with Crippen molar-refractivity contribution in [2.24, 2.45) is 5.73 Å². The fourth-order valence-electron chi connectivity index (χ4n) is 1.35. The van der Waals surface area contributed by atoms with Gasteiger partial charge in [0.05, 0.1) is 6.42 Å². The van der Waals surface area contributed by atoms with Crippen LogP contribution in [-0.4, -0.2) is 17.5 Å². The highest BCUT2D eigenvalue weighted by atomic mass is 19.2. The number of hydrogen-bond acceptors (Lipinski definition) is 2. The van der Waals surface area contributed by atoms with E-state index in [-0.39, 0.29) is 18.4 Å². The highest BCUT2D eigenvalue weighted by Gasteiger charge is 2.24.